The first-order valence-electron chi connectivity index (χ1n) is 9.03. The van der Waals surface area contributed by atoms with Gasteiger partial charge in [0.2, 0.25) is 5.91 Å². The van der Waals surface area contributed by atoms with Crippen molar-refractivity contribution in [2.24, 2.45) is 0 Å². The van der Waals surface area contributed by atoms with E-state index in [0.29, 0.717) is 6.42 Å². The van der Waals surface area contributed by atoms with Crippen molar-refractivity contribution >= 4 is 16.9 Å². The van der Waals surface area contributed by atoms with Crippen molar-refractivity contribution < 1.29 is 4.79 Å². The number of amides is 1. The predicted molar refractivity (Wildman–Crippen MR) is 99.5 cm³/mol. The highest BCUT2D eigenvalue weighted by atomic mass is 16.2. The molecule has 1 aliphatic heterocycles. The molecule has 25 heavy (non-hydrogen) atoms. The van der Waals surface area contributed by atoms with Gasteiger partial charge in [-0.15, -0.1) is 0 Å². The number of aromatic nitrogens is 2. The van der Waals surface area contributed by atoms with Crippen LogP contribution in [0, 0.1) is 0 Å². The van der Waals surface area contributed by atoms with Gasteiger partial charge in [0.1, 0.15) is 5.82 Å². The maximum absolute atomic E-state index is 12.5. The van der Waals surface area contributed by atoms with Gasteiger partial charge in [-0.3, -0.25) is 4.79 Å². The Bertz CT molecular complexity index is 885. The number of benzene rings is 2. The Morgan fingerprint density at radius 2 is 1.84 bits per heavy atom. The molecular weight excluding hydrogens is 310 g/mol. The quantitative estimate of drug-likeness (QED) is 0.715. The lowest BCUT2D eigenvalue weighted by Crippen LogP contribution is -2.27. The first-order valence-corrected chi connectivity index (χ1v) is 9.03. The molecule has 128 valence electrons. The summed E-state index contributed by atoms with van der Waals surface area (Å²) < 4.78 is 2.26. The first-order chi connectivity index (χ1) is 12.3. The van der Waals surface area contributed by atoms with Crippen LogP contribution in [0.2, 0.25) is 0 Å². The monoisotopic (exact) mass is 333 g/mol. The van der Waals surface area contributed by atoms with Crippen molar-refractivity contribution in [2.45, 2.75) is 32.2 Å². The highest BCUT2D eigenvalue weighted by Gasteiger charge is 2.33. The van der Waals surface area contributed by atoms with Crippen LogP contribution in [-0.4, -0.2) is 33.4 Å². The zero-order valence-corrected chi connectivity index (χ0v) is 14.6. The molecular formula is C21H23N3O. The second-order valence-corrected chi connectivity index (χ2v) is 6.68. The highest BCUT2D eigenvalue weighted by molar-refractivity contribution is 5.81. The summed E-state index contributed by atoms with van der Waals surface area (Å²) in [7, 11) is 0. The number of imidazole rings is 1. The van der Waals surface area contributed by atoms with E-state index in [2.05, 4.69) is 35.8 Å². The molecule has 0 N–H and O–H groups in total. The van der Waals surface area contributed by atoms with Crippen molar-refractivity contribution in [3.8, 4) is 0 Å². The third-order valence-corrected chi connectivity index (χ3v) is 5.09. The van der Waals surface area contributed by atoms with Gasteiger partial charge in [0.25, 0.3) is 0 Å². The summed E-state index contributed by atoms with van der Waals surface area (Å²) in [6.07, 6.45) is 1.47. The largest absolute Gasteiger partial charge is 0.342 e. The summed E-state index contributed by atoms with van der Waals surface area (Å²) in [4.78, 5) is 19.3. The second kappa shape index (κ2) is 6.71. The van der Waals surface area contributed by atoms with Crippen molar-refractivity contribution in [1.82, 2.24) is 14.5 Å². The third kappa shape index (κ3) is 3.04. The Morgan fingerprint density at radius 1 is 1.08 bits per heavy atom. The number of likely N-dealkylation sites (tertiary alicyclic amines) is 1. The fourth-order valence-electron chi connectivity index (χ4n) is 3.81. The van der Waals surface area contributed by atoms with Gasteiger partial charge in [0, 0.05) is 32.0 Å². The molecule has 1 amide bonds. The van der Waals surface area contributed by atoms with E-state index in [4.69, 9.17) is 4.98 Å². The number of carbonyl (C=O) groups excluding carboxylic acids is 1. The number of nitrogens with zero attached hydrogens (tertiary/aromatic N) is 3. The van der Waals surface area contributed by atoms with Crippen LogP contribution in [0.15, 0.2) is 54.6 Å². The number of rotatable bonds is 5. The molecule has 0 radical (unpaired) electrons. The zero-order valence-electron chi connectivity index (χ0n) is 14.6. The minimum Gasteiger partial charge on any atom is -0.342 e. The Hall–Kier alpha value is -2.62. The highest BCUT2D eigenvalue weighted by Crippen LogP contribution is 2.30. The molecule has 2 aromatic carbocycles. The molecule has 0 unspecified atom stereocenters. The number of fused-ring (bicyclic) bond motifs is 1. The molecule has 0 aliphatic carbocycles. The summed E-state index contributed by atoms with van der Waals surface area (Å²) in [5.41, 5.74) is 3.46. The van der Waals surface area contributed by atoms with Crippen LogP contribution >= 0.6 is 0 Å². The van der Waals surface area contributed by atoms with E-state index in [-0.39, 0.29) is 11.8 Å². The van der Waals surface area contributed by atoms with Crippen molar-refractivity contribution in [2.75, 3.05) is 13.1 Å². The Labute approximate surface area is 148 Å². The molecule has 1 saturated heterocycles. The van der Waals surface area contributed by atoms with E-state index in [9.17, 15) is 4.79 Å². The van der Waals surface area contributed by atoms with E-state index >= 15 is 0 Å². The molecule has 0 bridgehead atoms. The van der Waals surface area contributed by atoms with E-state index < -0.39 is 0 Å². The topological polar surface area (TPSA) is 38.1 Å². The number of para-hydroxylation sites is 2. The molecule has 0 spiro atoms. The number of hydrogen-bond donors (Lipinski definition) is 0. The maximum atomic E-state index is 12.5. The second-order valence-electron chi connectivity index (χ2n) is 6.68. The van der Waals surface area contributed by atoms with Gasteiger partial charge in [-0.2, -0.15) is 0 Å². The Balaban J connectivity index is 1.52. The summed E-state index contributed by atoms with van der Waals surface area (Å²) in [6, 6.07) is 18.6. The van der Waals surface area contributed by atoms with Gasteiger partial charge >= 0.3 is 0 Å². The minimum absolute atomic E-state index is 0.190. The fraction of sp³-hybridized carbons (Fsp3) is 0.333. The van der Waals surface area contributed by atoms with Crippen LogP contribution in [0.4, 0.5) is 0 Å². The number of hydrogen-bond acceptors (Lipinski definition) is 2. The normalized spacial score (nSPS) is 17.6. The lowest BCUT2D eigenvalue weighted by Gasteiger charge is -2.17. The maximum Gasteiger partial charge on any atom is 0.223 e. The molecule has 1 aliphatic rings. The summed E-state index contributed by atoms with van der Waals surface area (Å²) in [5.74, 6) is 1.49. The van der Waals surface area contributed by atoms with Crippen molar-refractivity contribution in [3.05, 3.63) is 66.0 Å². The van der Waals surface area contributed by atoms with Crippen LogP contribution in [0.25, 0.3) is 11.0 Å². The standard InChI is InChI=1S/C21H23N3O/c1-2-24-19-11-7-6-10-18(19)22-21(24)17-14-20(25)23(15-17)13-12-16-8-4-3-5-9-16/h3-11,17H,2,12-15H2,1H3/t17-/m0/s1. The van der Waals surface area contributed by atoms with Crippen LogP contribution in [0.5, 0.6) is 0 Å². The van der Waals surface area contributed by atoms with E-state index in [1.165, 1.54) is 5.56 Å². The SMILES string of the molecule is CCn1c([C@H]2CC(=O)N(CCc3ccccc3)C2)nc2ccccc21. The van der Waals surface area contributed by atoms with Gasteiger partial charge in [0.05, 0.1) is 11.0 Å². The average Bonchev–Trinajstić information content (AvgIpc) is 3.20. The van der Waals surface area contributed by atoms with E-state index in [1.807, 2.05) is 35.2 Å². The Kier molecular flexibility index (Phi) is 4.26. The molecule has 2 heterocycles. The van der Waals surface area contributed by atoms with Crippen molar-refractivity contribution in [1.29, 1.82) is 0 Å². The first kappa shape index (κ1) is 15.9. The van der Waals surface area contributed by atoms with Crippen molar-refractivity contribution in [3.63, 3.8) is 0 Å². The molecule has 3 aromatic rings. The number of carbonyl (C=O) groups is 1. The minimum atomic E-state index is 0.190. The van der Waals surface area contributed by atoms with E-state index in [0.717, 1.165) is 42.9 Å². The van der Waals surface area contributed by atoms with Crippen LogP contribution in [-0.2, 0) is 17.8 Å². The molecule has 1 atom stereocenters. The van der Waals surface area contributed by atoms with Gasteiger partial charge in [-0.25, -0.2) is 4.98 Å². The molecule has 4 heteroatoms. The molecule has 0 saturated carbocycles. The average molecular weight is 333 g/mol. The van der Waals surface area contributed by atoms with Gasteiger partial charge in [0.15, 0.2) is 0 Å². The van der Waals surface area contributed by atoms with Crippen LogP contribution < -0.4 is 0 Å². The number of aryl methyl sites for hydroxylation is 1. The Morgan fingerprint density at radius 3 is 2.64 bits per heavy atom. The van der Waals surface area contributed by atoms with Gasteiger partial charge < -0.3 is 9.47 Å². The predicted octanol–water partition coefficient (Wildman–Crippen LogP) is 3.61. The van der Waals surface area contributed by atoms with Gasteiger partial charge in [-0.05, 0) is 31.0 Å². The zero-order chi connectivity index (χ0) is 17.2. The third-order valence-electron chi connectivity index (χ3n) is 5.09. The van der Waals surface area contributed by atoms with E-state index in [1.54, 1.807) is 0 Å². The molecule has 4 nitrogen and oxygen atoms in total. The summed E-state index contributed by atoms with van der Waals surface area (Å²) in [6.45, 7) is 4.58. The smallest absolute Gasteiger partial charge is 0.223 e. The van der Waals surface area contributed by atoms with Crippen LogP contribution in [0.3, 0.4) is 0 Å². The summed E-state index contributed by atoms with van der Waals surface area (Å²) in [5, 5.41) is 0. The lowest BCUT2D eigenvalue weighted by molar-refractivity contribution is -0.127. The van der Waals surface area contributed by atoms with Gasteiger partial charge in [-0.1, -0.05) is 42.5 Å². The van der Waals surface area contributed by atoms with Crippen LogP contribution in [0.1, 0.15) is 30.7 Å². The lowest BCUT2D eigenvalue weighted by atomic mass is 10.1. The summed E-state index contributed by atoms with van der Waals surface area (Å²) >= 11 is 0. The molecule has 1 fully saturated rings. The molecule has 4 rings (SSSR count). The molecule has 1 aromatic heterocycles. The fourth-order valence-corrected chi connectivity index (χ4v) is 3.81.